The van der Waals surface area contributed by atoms with Gasteiger partial charge in [0.25, 0.3) is 5.91 Å². The molecule has 1 aromatic carbocycles. The minimum atomic E-state index is 0.0465. The van der Waals surface area contributed by atoms with Crippen molar-refractivity contribution in [2.45, 2.75) is 13.3 Å². The molecule has 0 radical (unpaired) electrons. The fourth-order valence-corrected chi connectivity index (χ4v) is 1.51. The Labute approximate surface area is 103 Å². The van der Waals surface area contributed by atoms with Crippen molar-refractivity contribution in [1.29, 1.82) is 0 Å². The van der Waals surface area contributed by atoms with Crippen molar-refractivity contribution >= 4 is 5.91 Å². The fourth-order valence-electron chi connectivity index (χ4n) is 1.51. The maximum absolute atomic E-state index is 11.9. The molecule has 17 heavy (non-hydrogen) atoms. The Morgan fingerprint density at radius 1 is 1.35 bits per heavy atom. The number of benzene rings is 1. The summed E-state index contributed by atoms with van der Waals surface area (Å²) >= 11 is 0. The number of rotatable bonds is 3. The normalized spacial score (nSPS) is 9.35. The van der Waals surface area contributed by atoms with Crippen LogP contribution >= 0.6 is 0 Å². The Hall–Kier alpha value is -1.79. The first-order valence-corrected chi connectivity index (χ1v) is 5.73. The van der Waals surface area contributed by atoms with E-state index >= 15 is 0 Å². The molecule has 0 fully saturated rings. The van der Waals surface area contributed by atoms with E-state index in [2.05, 4.69) is 18.8 Å². The molecule has 0 aliphatic carbocycles. The number of hydrogen-bond donors (Lipinski definition) is 1. The second-order valence-electron chi connectivity index (χ2n) is 3.81. The second-order valence-corrected chi connectivity index (χ2v) is 3.81. The molecule has 3 nitrogen and oxygen atoms in total. The van der Waals surface area contributed by atoms with Crippen molar-refractivity contribution in [3.8, 4) is 11.8 Å². The smallest absolute Gasteiger partial charge is 0.253 e. The summed E-state index contributed by atoms with van der Waals surface area (Å²) in [5.41, 5.74) is 6.87. The van der Waals surface area contributed by atoms with Gasteiger partial charge in [0.2, 0.25) is 0 Å². The van der Waals surface area contributed by atoms with Gasteiger partial charge < -0.3 is 10.6 Å². The summed E-state index contributed by atoms with van der Waals surface area (Å²) in [6.45, 7) is 3.17. The standard InChI is InChI=1S/C14H18N2O/c1-3-11-16(2)14(17)13-8-6-12(7-9-13)5-4-10-15/h6-9H,3,10-11,15H2,1-2H3. The molecule has 1 aromatic rings. The van der Waals surface area contributed by atoms with E-state index in [0.717, 1.165) is 18.5 Å². The molecular weight excluding hydrogens is 212 g/mol. The van der Waals surface area contributed by atoms with E-state index in [1.54, 1.807) is 17.0 Å². The quantitative estimate of drug-likeness (QED) is 0.799. The van der Waals surface area contributed by atoms with Crippen LogP contribution in [0.15, 0.2) is 24.3 Å². The van der Waals surface area contributed by atoms with Gasteiger partial charge in [-0.2, -0.15) is 0 Å². The molecule has 0 bridgehead atoms. The molecule has 90 valence electrons. The van der Waals surface area contributed by atoms with Gasteiger partial charge in [-0.05, 0) is 30.7 Å². The highest BCUT2D eigenvalue weighted by Gasteiger charge is 2.09. The first-order valence-electron chi connectivity index (χ1n) is 5.73. The Kier molecular flexibility index (Phi) is 5.25. The third kappa shape index (κ3) is 3.93. The van der Waals surface area contributed by atoms with Gasteiger partial charge in [0.15, 0.2) is 0 Å². The van der Waals surface area contributed by atoms with Gasteiger partial charge in [-0.15, -0.1) is 0 Å². The van der Waals surface area contributed by atoms with Crippen LogP contribution in [0, 0.1) is 11.8 Å². The summed E-state index contributed by atoms with van der Waals surface area (Å²) < 4.78 is 0. The van der Waals surface area contributed by atoms with Crippen molar-refractivity contribution < 1.29 is 4.79 Å². The molecule has 0 aromatic heterocycles. The predicted octanol–water partition coefficient (Wildman–Crippen LogP) is 1.48. The molecule has 2 N–H and O–H groups in total. The van der Waals surface area contributed by atoms with Gasteiger partial charge in [0, 0.05) is 24.7 Å². The number of amides is 1. The van der Waals surface area contributed by atoms with Crippen LogP contribution in [0.4, 0.5) is 0 Å². The number of carbonyl (C=O) groups is 1. The Morgan fingerprint density at radius 2 is 2.00 bits per heavy atom. The van der Waals surface area contributed by atoms with Gasteiger partial charge in [-0.25, -0.2) is 0 Å². The molecule has 0 aliphatic rings. The lowest BCUT2D eigenvalue weighted by Gasteiger charge is -2.15. The number of hydrogen-bond acceptors (Lipinski definition) is 2. The highest BCUT2D eigenvalue weighted by Crippen LogP contribution is 2.06. The van der Waals surface area contributed by atoms with Crippen molar-refractivity contribution in [3.05, 3.63) is 35.4 Å². The van der Waals surface area contributed by atoms with Crippen LogP contribution in [-0.2, 0) is 0 Å². The van der Waals surface area contributed by atoms with Crippen molar-refractivity contribution in [3.63, 3.8) is 0 Å². The van der Waals surface area contributed by atoms with E-state index < -0.39 is 0 Å². The van der Waals surface area contributed by atoms with Crippen LogP contribution in [0.2, 0.25) is 0 Å². The average molecular weight is 230 g/mol. The lowest BCUT2D eigenvalue weighted by molar-refractivity contribution is 0.0795. The maximum Gasteiger partial charge on any atom is 0.253 e. The molecule has 1 rings (SSSR count). The molecule has 3 heteroatoms. The summed E-state index contributed by atoms with van der Waals surface area (Å²) in [5.74, 6) is 5.75. The maximum atomic E-state index is 11.9. The number of nitrogens with zero attached hydrogens (tertiary/aromatic N) is 1. The predicted molar refractivity (Wildman–Crippen MR) is 69.6 cm³/mol. The van der Waals surface area contributed by atoms with E-state index in [1.807, 2.05) is 19.2 Å². The van der Waals surface area contributed by atoms with E-state index in [9.17, 15) is 4.79 Å². The zero-order chi connectivity index (χ0) is 12.7. The molecule has 0 aliphatic heterocycles. The van der Waals surface area contributed by atoms with E-state index in [-0.39, 0.29) is 5.91 Å². The van der Waals surface area contributed by atoms with Crippen molar-refractivity contribution in [2.24, 2.45) is 5.73 Å². The minimum Gasteiger partial charge on any atom is -0.342 e. The molecule has 1 amide bonds. The van der Waals surface area contributed by atoms with Gasteiger partial charge >= 0.3 is 0 Å². The molecule has 0 saturated carbocycles. The van der Waals surface area contributed by atoms with Crippen LogP contribution in [-0.4, -0.2) is 30.9 Å². The molecule has 0 heterocycles. The van der Waals surface area contributed by atoms with Gasteiger partial charge in [0.1, 0.15) is 0 Å². The van der Waals surface area contributed by atoms with E-state index in [4.69, 9.17) is 5.73 Å². The molecule has 0 spiro atoms. The third-order valence-corrected chi connectivity index (χ3v) is 2.37. The number of nitrogens with two attached hydrogens (primary N) is 1. The van der Waals surface area contributed by atoms with Crippen LogP contribution in [0.25, 0.3) is 0 Å². The molecular formula is C14H18N2O. The first-order chi connectivity index (χ1) is 8.19. The molecule has 0 atom stereocenters. The van der Waals surface area contributed by atoms with Crippen LogP contribution < -0.4 is 5.73 Å². The van der Waals surface area contributed by atoms with E-state index in [1.165, 1.54) is 0 Å². The van der Waals surface area contributed by atoms with Gasteiger partial charge in [-0.3, -0.25) is 4.79 Å². The van der Waals surface area contributed by atoms with Gasteiger partial charge in [-0.1, -0.05) is 18.8 Å². The summed E-state index contributed by atoms with van der Waals surface area (Å²) in [4.78, 5) is 13.7. The Bertz CT molecular complexity index is 426. The first kappa shape index (κ1) is 13.3. The third-order valence-electron chi connectivity index (χ3n) is 2.37. The zero-order valence-electron chi connectivity index (χ0n) is 10.4. The summed E-state index contributed by atoms with van der Waals surface area (Å²) in [7, 11) is 1.81. The fraction of sp³-hybridized carbons (Fsp3) is 0.357. The Balaban J connectivity index is 2.77. The number of carbonyl (C=O) groups excluding carboxylic acids is 1. The second kappa shape index (κ2) is 6.72. The van der Waals surface area contributed by atoms with Crippen LogP contribution in [0.1, 0.15) is 29.3 Å². The molecule has 0 unspecified atom stereocenters. The lowest BCUT2D eigenvalue weighted by Crippen LogP contribution is -2.27. The molecule has 0 saturated heterocycles. The lowest BCUT2D eigenvalue weighted by atomic mass is 10.1. The van der Waals surface area contributed by atoms with Crippen LogP contribution in [0.5, 0.6) is 0 Å². The zero-order valence-corrected chi connectivity index (χ0v) is 10.4. The Morgan fingerprint density at radius 3 is 2.53 bits per heavy atom. The van der Waals surface area contributed by atoms with Crippen molar-refractivity contribution in [1.82, 2.24) is 4.90 Å². The largest absolute Gasteiger partial charge is 0.342 e. The average Bonchev–Trinajstić information content (AvgIpc) is 2.36. The minimum absolute atomic E-state index is 0.0465. The SMILES string of the molecule is CCCN(C)C(=O)c1ccc(C#CCN)cc1. The topological polar surface area (TPSA) is 46.3 Å². The summed E-state index contributed by atoms with van der Waals surface area (Å²) in [6.07, 6.45) is 0.961. The summed E-state index contributed by atoms with van der Waals surface area (Å²) in [5, 5.41) is 0. The highest BCUT2D eigenvalue weighted by atomic mass is 16.2. The van der Waals surface area contributed by atoms with Crippen LogP contribution in [0.3, 0.4) is 0 Å². The van der Waals surface area contributed by atoms with E-state index in [0.29, 0.717) is 12.1 Å². The van der Waals surface area contributed by atoms with Gasteiger partial charge in [0.05, 0.1) is 6.54 Å². The highest BCUT2D eigenvalue weighted by molar-refractivity contribution is 5.94. The summed E-state index contributed by atoms with van der Waals surface area (Å²) in [6, 6.07) is 7.29. The monoisotopic (exact) mass is 230 g/mol. The van der Waals surface area contributed by atoms with Crippen molar-refractivity contribution in [2.75, 3.05) is 20.1 Å².